The van der Waals surface area contributed by atoms with Gasteiger partial charge in [-0.05, 0) is 37.0 Å². The summed E-state index contributed by atoms with van der Waals surface area (Å²) < 4.78 is 51.1. The van der Waals surface area contributed by atoms with Crippen molar-refractivity contribution in [1.29, 1.82) is 0 Å². The first-order valence-corrected chi connectivity index (χ1v) is 6.70. The molecule has 0 radical (unpaired) electrons. The Kier molecular flexibility index (Phi) is 4.45. The smallest absolute Gasteiger partial charge is 0.299 e. The van der Waals surface area contributed by atoms with Gasteiger partial charge in [-0.15, -0.1) is 0 Å². The summed E-state index contributed by atoms with van der Waals surface area (Å²) in [4.78, 5) is 12.1. The molecular formula is C15H16F4O. The Morgan fingerprint density at radius 3 is 2.65 bits per heavy atom. The molecule has 20 heavy (non-hydrogen) atoms. The van der Waals surface area contributed by atoms with E-state index in [-0.39, 0.29) is 25.0 Å². The number of alkyl halides is 3. The quantitative estimate of drug-likeness (QED) is 0.758. The zero-order valence-electron chi connectivity index (χ0n) is 10.9. The molecule has 0 saturated heterocycles. The maximum absolute atomic E-state index is 13.0. The maximum Gasteiger partial charge on any atom is 0.391 e. The fraction of sp³-hybridized carbons (Fsp3) is 0.533. The molecule has 1 aliphatic carbocycles. The summed E-state index contributed by atoms with van der Waals surface area (Å²) in [6, 6.07) is 5.64. The lowest BCUT2D eigenvalue weighted by atomic mass is 9.78. The molecule has 1 saturated carbocycles. The lowest BCUT2D eigenvalue weighted by Crippen LogP contribution is -2.32. The molecule has 0 bridgehead atoms. The number of hydrogen-bond donors (Lipinski definition) is 0. The van der Waals surface area contributed by atoms with E-state index in [4.69, 9.17) is 0 Å². The molecule has 0 spiro atoms. The van der Waals surface area contributed by atoms with Crippen molar-refractivity contribution < 1.29 is 22.4 Å². The van der Waals surface area contributed by atoms with E-state index >= 15 is 0 Å². The SMILES string of the molecule is O=C(Cc1cccc(F)c1)C1CCCC(C(F)(F)F)C1. The van der Waals surface area contributed by atoms with Crippen LogP contribution in [0.25, 0.3) is 0 Å². The zero-order valence-corrected chi connectivity index (χ0v) is 10.9. The molecular weight excluding hydrogens is 272 g/mol. The highest BCUT2D eigenvalue weighted by Crippen LogP contribution is 2.40. The molecule has 0 N–H and O–H groups in total. The average Bonchev–Trinajstić information content (AvgIpc) is 2.38. The summed E-state index contributed by atoms with van der Waals surface area (Å²) in [5, 5.41) is 0. The molecule has 1 fully saturated rings. The minimum atomic E-state index is -4.22. The fourth-order valence-electron chi connectivity index (χ4n) is 2.77. The highest BCUT2D eigenvalue weighted by molar-refractivity contribution is 5.83. The Hall–Kier alpha value is -1.39. The van der Waals surface area contributed by atoms with E-state index in [1.807, 2.05) is 0 Å². The first kappa shape index (κ1) is 15.0. The van der Waals surface area contributed by atoms with Crippen LogP contribution in [0.15, 0.2) is 24.3 Å². The van der Waals surface area contributed by atoms with E-state index in [2.05, 4.69) is 0 Å². The van der Waals surface area contributed by atoms with E-state index in [0.29, 0.717) is 18.4 Å². The van der Waals surface area contributed by atoms with Gasteiger partial charge >= 0.3 is 6.18 Å². The standard InChI is InChI=1S/C15H16F4O/c16-13-6-1-3-10(7-13)8-14(20)11-4-2-5-12(9-11)15(17,18)19/h1,3,6-7,11-12H,2,4-5,8-9H2. The number of benzene rings is 1. The topological polar surface area (TPSA) is 17.1 Å². The highest BCUT2D eigenvalue weighted by Gasteiger charge is 2.43. The molecule has 0 heterocycles. The second kappa shape index (κ2) is 5.94. The largest absolute Gasteiger partial charge is 0.391 e. The molecule has 0 aliphatic heterocycles. The van der Waals surface area contributed by atoms with Crippen molar-refractivity contribution in [2.45, 2.75) is 38.3 Å². The third-order valence-electron chi connectivity index (χ3n) is 3.86. The summed E-state index contributed by atoms with van der Waals surface area (Å²) in [6.45, 7) is 0. The molecule has 5 heteroatoms. The van der Waals surface area contributed by atoms with E-state index in [1.165, 1.54) is 18.2 Å². The van der Waals surface area contributed by atoms with E-state index in [9.17, 15) is 22.4 Å². The number of hydrogen-bond acceptors (Lipinski definition) is 1. The zero-order chi connectivity index (χ0) is 14.8. The van der Waals surface area contributed by atoms with E-state index < -0.39 is 23.8 Å². The number of carbonyl (C=O) groups is 1. The van der Waals surface area contributed by atoms with Gasteiger partial charge < -0.3 is 0 Å². The van der Waals surface area contributed by atoms with Gasteiger partial charge in [0.2, 0.25) is 0 Å². The second-order valence-corrected chi connectivity index (χ2v) is 5.38. The summed E-state index contributed by atoms with van der Waals surface area (Å²) >= 11 is 0. The van der Waals surface area contributed by atoms with E-state index in [0.717, 1.165) is 0 Å². The van der Waals surface area contributed by atoms with Crippen LogP contribution >= 0.6 is 0 Å². The van der Waals surface area contributed by atoms with Crippen LogP contribution in [0.4, 0.5) is 17.6 Å². The van der Waals surface area contributed by atoms with Crippen LogP contribution in [0.3, 0.4) is 0 Å². The molecule has 0 amide bonds. The predicted molar refractivity (Wildman–Crippen MR) is 66.6 cm³/mol. The van der Waals surface area contributed by atoms with Crippen molar-refractivity contribution in [3.05, 3.63) is 35.6 Å². The van der Waals surface area contributed by atoms with Crippen LogP contribution in [0.5, 0.6) is 0 Å². The monoisotopic (exact) mass is 288 g/mol. The van der Waals surface area contributed by atoms with Crippen molar-refractivity contribution in [1.82, 2.24) is 0 Å². The number of halogens is 4. The Morgan fingerprint density at radius 1 is 1.25 bits per heavy atom. The second-order valence-electron chi connectivity index (χ2n) is 5.38. The summed E-state index contributed by atoms with van der Waals surface area (Å²) in [5.41, 5.74) is 0.518. The number of carbonyl (C=O) groups excluding carboxylic acids is 1. The molecule has 1 nitrogen and oxygen atoms in total. The maximum atomic E-state index is 13.0. The van der Waals surface area contributed by atoms with Crippen LogP contribution in [-0.4, -0.2) is 12.0 Å². The van der Waals surface area contributed by atoms with Gasteiger partial charge in [-0.25, -0.2) is 4.39 Å². The summed E-state index contributed by atoms with van der Waals surface area (Å²) in [6.07, 6.45) is -3.32. The van der Waals surface area contributed by atoms with Gasteiger partial charge in [0.05, 0.1) is 5.92 Å². The van der Waals surface area contributed by atoms with Gasteiger partial charge in [0.15, 0.2) is 0 Å². The minimum Gasteiger partial charge on any atom is -0.299 e. The van der Waals surface area contributed by atoms with Crippen molar-refractivity contribution in [2.24, 2.45) is 11.8 Å². The van der Waals surface area contributed by atoms with Gasteiger partial charge in [0.25, 0.3) is 0 Å². The van der Waals surface area contributed by atoms with Crippen molar-refractivity contribution in [2.75, 3.05) is 0 Å². The van der Waals surface area contributed by atoms with Gasteiger partial charge in [0.1, 0.15) is 11.6 Å². The van der Waals surface area contributed by atoms with Crippen LogP contribution in [-0.2, 0) is 11.2 Å². The van der Waals surface area contributed by atoms with Crippen LogP contribution in [0.2, 0.25) is 0 Å². The Labute approximate surface area is 115 Å². The highest BCUT2D eigenvalue weighted by atomic mass is 19.4. The van der Waals surface area contributed by atoms with Crippen LogP contribution in [0.1, 0.15) is 31.2 Å². The van der Waals surface area contributed by atoms with Gasteiger partial charge in [-0.3, -0.25) is 4.79 Å². The van der Waals surface area contributed by atoms with Crippen molar-refractivity contribution >= 4 is 5.78 Å². The third-order valence-corrected chi connectivity index (χ3v) is 3.86. The molecule has 0 aromatic heterocycles. The number of ketones is 1. The lowest BCUT2D eigenvalue weighted by molar-refractivity contribution is -0.186. The number of rotatable bonds is 3. The average molecular weight is 288 g/mol. The fourth-order valence-corrected chi connectivity index (χ4v) is 2.77. The predicted octanol–water partition coefficient (Wildman–Crippen LogP) is 4.31. The van der Waals surface area contributed by atoms with Gasteiger partial charge in [-0.2, -0.15) is 13.2 Å². The molecule has 1 aromatic carbocycles. The lowest BCUT2D eigenvalue weighted by Gasteiger charge is -2.29. The summed E-state index contributed by atoms with van der Waals surface area (Å²) in [5.74, 6) is -2.59. The van der Waals surface area contributed by atoms with Crippen molar-refractivity contribution in [3.8, 4) is 0 Å². The Balaban J connectivity index is 1.99. The van der Waals surface area contributed by atoms with Gasteiger partial charge in [0, 0.05) is 12.3 Å². The van der Waals surface area contributed by atoms with E-state index in [1.54, 1.807) is 6.07 Å². The normalized spacial score (nSPS) is 23.6. The van der Waals surface area contributed by atoms with Crippen LogP contribution in [0, 0.1) is 17.7 Å². The molecule has 2 atom stereocenters. The van der Waals surface area contributed by atoms with Gasteiger partial charge in [-0.1, -0.05) is 18.6 Å². The first-order chi connectivity index (χ1) is 9.36. The summed E-state index contributed by atoms with van der Waals surface area (Å²) in [7, 11) is 0. The molecule has 1 aromatic rings. The minimum absolute atomic E-state index is 0.00695. The third kappa shape index (κ3) is 3.81. The molecule has 2 unspecified atom stereocenters. The molecule has 2 rings (SSSR count). The van der Waals surface area contributed by atoms with Crippen LogP contribution < -0.4 is 0 Å². The van der Waals surface area contributed by atoms with Crippen molar-refractivity contribution in [3.63, 3.8) is 0 Å². The molecule has 110 valence electrons. The Bertz CT molecular complexity index is 481. The molecule has 1 aliphatic rings. The Morgan fingerprint density at radius 2 is 2.00 bits per heavy atom. The number of Topliss-reactive ketones (excluding diaryl/α,β-unsaturated/α-hetero) is 1. The first-order valence-electron chi connectivity index (χ1n) is 6.70.